The second-order valence-electron chi connectivity index (χ2n) is 3.87. The number of amides is 1. The van der Waals surface area contributed by atoms with Crippen molar-refractivity contribution in [3.63, 3.8) is 0 Å². The molecule has 0 saturated heterocycles. The number of hydrogen-bond donors (Lipinski definition) is 3. The number of nitrogens with zero attached hydrogens (tertiary/aromatic N) is 2. The molecule has 1 amide bonds. The van der Waals surface area contributed by atoms with Gasteiger partial charge in [-0.2, -0.15) is 0 Å². The highest BCUT2D eigenvalue weighted by Crippen LogP contribution is 1.94. The normalized spacial score (nSPS) is 14.0. The van der Waals surface area contributed by atoms with Crippen molar-refractivity contribution in [3.8, 4) is 0 Å². The van der Waals surface area contributed by atoms with Gasteiger partial charge in [-0.3, -0.25) is 9.59 Å². The molecule has 7 nitrogen and oxygen atoms in total. The van der Waals surface area contributed by atoms with Crippen LogP contribution in [-0.4, -0.2) is 38.6 Å². The fourth-order valence-electron chi connectivity index (χ4n) is 1.39. The molecule has 1 aromatic rings. The fourth-order valence-corrected chi connectivity index (χ4v) is 1.39. The second kappa shape index (κ2) is 6.00. The van der Waals surface area contributed by atoms with Crippen LogP contribution in [0.1, 0.15) is 13.3 Å². The molecule has 7 heteroatoms. The molecular formula is C10H16N4O3. The highest BCUT2D eigenvalue weighted by molar-refractivity contribution is 5.86. The zero-order valence-electron chi connectivity index (χ0n) is 9.54. The fraction of sp³-hybridized carbons (Fsp3) is 0.500. The van der Waals surface area contributed by atoms with Gasteiger partial charge in [0.05, 0.1) is 18.8 Å². The van der Waals surface area contributed by atoms with Crippen molar-refractivity contribution in [1.29, 1.82) is 0 Å². The summed E-state index contributed by atoms with van der Waals surface area (Å²) in [6, 6.07) is -1.16. The summed E-state index contributed by atoms with van der Waals surface area (Å²) < 4.78 is 1.81. The van der Waals surface area contributed by atoms with Crippen LogP contribution in [-0.2, 0) is 16.1 Å². The largest absolute Gasteiger partial charge is 0.481 e. The summed E-state index contributed by atoms with van der Waals surface area (Å²) in [5.41, 5.74) is 5.43. The zero-order chi connectivity index (χ0) is 12.8. The predicted octanol–water partition coefficient (Wildman–Crippen LogP) is -0.810. The summed E-state index contributed by atoms with van der Waals surface area (Å²) in [6.45, 7) is 2.37. The Bertz CT molecular complexity index is 377. The minimum Gasteiger partial charge on any atom is -0.481 e. The van der Waals surface area contributed by atoms with Gasteiger partial charge in [-0.15, -0.1) is 0 Å². The van der Waals surface area contributed by atoms with Crippen LogP contribution in [0, 0.1) is 0 Å². The van der Waals surface area contributed by atoms with E-state index in [0.717, 1.165) is 0 Å². The third-order valence-electron chi connectivity index (χ3n) is 2.16. The molecule has 1 heterocycles. The third kappa shape index (κ3) is 4.64. The van der Waals surface area contributed by atoms with Crippen molar-refractivity contribution < 1.29 is 14.7 Å². The number of aromatic nitrogens is 2. The van der Waals surface area contributed by atoms with Crippen LogP contribution in [0.15, 0.2) is 18.7 Å². The van der Waals surface area contributed by atoms with Gasteiger partial charge in [0, 0.05) is 25.0 Å². The highest BCUT2D eigenvalue weighted by Gasteiger charge is 2.18. The van der Waals surface area contributed by atoms with Gasteiger partial charge in [0.1, 0.15) is 0 Å². The van der Waals surface area contributed by atoms with Gasteiger partial charge in [-0.05, 0) is 6.92 Å². The zero-order valence-corrected chi connectivity index (χ0v) is 9.54. The molecule has 4 N–H and O–H groups in total. The van der Waals surface area contributed by atoms with Gasteiger partial charge in [-0.1, -0.05) is 0 Å². The monoisotopic (exact) mass is 240 g/mol. The number of hydrogen-bond acceptors (Lipinski definition) is 4. The lowest BCUT2D eigenvalue weighted by Gasteiger charge is -2.16. The summed E-state index contributed by atoms with van der Waals surface area (Å²) in [6.07, 6.45) is 4.69. The first-order chi connectivity index (χ1) is 7.99. The maximum absolute atomic E-state index is 11.5. The summed E-state index contributed by atoms with van der Waals surface area (Å²) in [7, 11) is 0. The van der Waals surface area contributed by atoms with Crippen LogP contribution in [0.5, 0.6) is 0 Å². The molecule has 0 saturated carbocycles. The Morgan fingerprint density at radius 2 is 2.29 bits per heavy atom. The van der Waals surface area contributed by atoms with E-state index >= 15 is 0 Å². The lowest BCUT2D eigenvalue weighted by molar-refractivity contribution is -0.139. The Kier molecular flexibility index (Phi) is 4.65. The molecule has 17 heavy (non-hydrogen) atoms. The van der Waals surface area contributed by atoms with E-state index in [1.807, 2.05) is 11.5 Å². The maximum Gasteiger partial charge on any atom is 0.305 e. The molecule has 0 aliphatic heterocycles. The number of carboxylic acid groups (broad SMARTS) is 1. The molecule has 0 bridgehead atoms. The van der Waals surface area contributed by atoms with Gasteiger partial charge >= 0.3 is 5.97 Å². The van der Waals surface area contributed by atoms with Crippen LogP contribution in [0.3, 0.4) is 0 Å². The molecule has 0 radical (unpaired) electrons. The lowest BCUT2D eigenvalue weighted by atomic mass is 10.2. The Balaban J connectivity index is 2.37. The third-order valence-corrected chi connectivity index (χ3v) is 2.16. The Labute approximate surface area is 98.6 Å². The molecule has 0 spiro atoms. The number of nitrogens with two attached hydrogens (primary N) is 1. The molecule has 1 rings (SSSR count). The molecular weight excluding hydrogens is 224 g/mol. The first-order valence-corrected chi connectivity index (χ1v) is 5.22. The quantitative estimate of drug-likeness (QED) is 0.602. The van der Waals surface area contributed by atoms with Crippen LogP contribution in [0.25, 0.3) is 0 Å². The van der Waals surface area contributed by atoms with Crippen molar-refractivity contribution in [3.05, 3.63) is 18.7 Å². The SMILES string of the molecule is CC(Cn1ccnc1)NC(=O)C(N)CC(=O)O. The summed E-state index contributed by atoms with van der Waals surface area (Å²) in [5.74, 6) is -1.55. The number of aliphatic carboxylic acids is 1. The molecule has 2 unspecified atom stereocenters. The summed E-state index contributed by atoms with van der Waals surface area (Å²) >= 11 is 0. The molecule has 0 aliphatic rings. The first-order valence-electron chi connectivity index (χ1n) is 5.22. The van der Waals surface area contributed by atoms with Crippen molar-refractivity contribution in [2.45, 2.75) is 32.0 Å². The van der Waals surface area contributed by atoms with E-state index in [4.69, 9.17) is 10.8 Å². The molecule has 0 aromatic carbocycles. The maximum atomic E-state index is 11.5. The van der Waals surface area contributed by atoms with Crippen molar-refractivity contribution in [2.24, 2.45) is 5.73 Å². The Morgan fingerprint density at radius 3 is 2.82 bits per heavy atom. The van der Waals surface area contributed by atoms with E-state index in [9.17, 15) is 9.59 Å². The van der Waals surface area contributed by atoms with Crippen molar-refractivity contribution >= 4 is 11.9 Å². The van der Waals surface area contributed by atoms with Crippen LogP contribution in [0.2, 0.25) is 0 Å². The van der Waals surface area contributed by atoms with Gasteiger partial charge in [0.25, 0.3) is 0 Å². The van der Waals surface area contributed by atoms with Gasteiger partial charge in [0.15, 0.2) is 0 Å². The van der Waals surface area contributed by atoms with Crippen LogP contribution >= 0.6 is 0 Å². The number of nitrogens with one attached hydrogen (secondary N) is 1. The van der Waals surface area contributed by atoms with Gasteiger partial charge in [-0.25, -0.2) is 4.98 Å². The number of carbonyl (C=O) groups excluding carboxylic acids is 1. The highest BCUT2D eigenvalue weighted by atomic mass is 16.4. The molecule has 0 fully saturated rings. The number of rotatable bonds is 6. The number of carboxylic acids is 1. The minimum absolute atomic E-state index is 0.142. The van der Waals surface area contributed by atoms with E-state index in [0.29, 0.717) is 6.54 Å². The molecule has 1 aromatic heterocycles. The van der Waals surface area contributed by atoms with Gasteiger partial charge in [0.2, 0.25) is 5.91 Å². The Morgan fingerprint density at radius 1 is 1.59 bits per heavy atom. The topological polar surface area (TPSA) is 110 Å². The average molecular weight is 240 g/mol. The van der Waals surface area contributed by atoms with E-state index in [2.05, 4.69) is 10.3 Å². The number of carbonyl (C=O) groups is 2. The van der Waals surface area contributed by atoms with Crippen LogP contribution < -0.4 is 11.1 Å². The number of imidazole rings is 1. The van der Waals surface area contributed by atoms with Crippen molar-refractivity contribution in [2.75, 3.05) is 0 Å². The van der Waals surface area contributed by atoms with E-state index in [1.165, 1.54) is 0 Å². The molecule has 94 valence electrons. The van der Waals surface area contributed by atoms with Gasteiger partial charge < -0.3 is 20.7 Å². The molecule has 0 aliphatic carbocycles. The lowest BCUT2D eigenvalue weighted by Crippen LogP contribution is -2.46. The Hall–Kier alpha value is -1.89. The predicted molar refractivity (Wildman–Crippen MR) is 60.1 cm³/mol. The van der Waals surface area contributed by atoms with Crippen molar-refractivity contribution in [1.82, 2.24) is 14.9 Å². The summed E-state index contributed by atoms with van der Waals surface area (Å²) in [4.78, 5) is 25.8. The first kappa shape index (κ1) is 13.2. The van der Waals surface area contributed by atoms with E-state index in [-0.39, 0.29) is 12.5 Å². The summed E-state index contributed by atoms with van der Waals surface area (Å²) in [5, 5.41) is 11.1. The smallest absolute Gasteiger partial charge is 0.305 e. The van der Waals surface area contributed by atoms with Crippen LogP contribution in [0.4, 0.5) is 0 Å². The van der Waals surface area contributed by atoms with E-state index in [1.54, 1.807) is 18.7 Å². The minimum atomic E-state index is -1.09. The molecule has 2 atom stereocenters. The standard InChI is InChI=1S/C10H16N4O3/c1-7(5-14-3-2-12-6-14)13-10(17)8(11)4-9(15)16/h2-3,6-8H,4-5,11H2,1H3,(H,13,17)(H,15,16). The van der Waals surface area contributed by atoms with E-state index < -0.39 is 17.9 Å². The average Bonchev–Trinajstić information content (AvgIpc) is 2.68. The second-order valence-corrected chi connectivity index (χ2v) is 3.87.